The third-order valence-corrected chi connectivity index (χ3v) is 3.40. The maximum Gasteiger partial charge on any atom is 0.306 e. The van der Waals surface area contributed by atoms with Gasteiger partial charge in [-0.3, -0.25) is 19.2 Å². The molecule has 0 aliphatic carbocycles. The van der Waals surface area contributed by atoms with Crippen LogP contribution in [-0.2, 0) is 28.7 Å². The molecule has 0 bridgehead atoms. The molecule has 0 rings (SSSR count). The van der Waals surface area contributed by atoms with E-state index < -0.39 is 36.2 Å². The first kappa shape index (κ1) is 22.3. The Morgan fingerprint density at radius 3 is 1.96 bits per heavy atom. The highest BCUT2D eigenvalue weighted by atomic mass is 16.6. The van der Waals surface area contributed by atoms with Crippen molar-refractivity contribution >= 4 is 23.5 Å². The zero-order valence-corrected chi connectivity index (χ0v) is 15.1. The smallest absolute Gasteiger partial charge is 0.306 e. The number of esters is 2. The topological polar surface area (TPSA) is 86.7 Å². The van der Waals surface area contributed by atoms with Gasteiger partial charge in [-0.1, -0.05) is 40.0 Å². The number of carbonyl (C=O) groups excluding carboxylic acids is 4. The predicted octanol–water partition coefficient (Wildman–Crippen LogP) is 3.15. The third-order valence-electron chi connectivity index (χ3n) is 3.40. The maximum absolute atomic E-state index is 12.2. The van der Waals surface area contributed by atoms with Crippen molar-refractivity contribution in [2.24, 2.45) is 0 Å². The molecule has 0 N–H and O–H groups in total. The van der Waals surface area contributed by atoms with Crippen molar-refractivity contribution in [2.75, 3.05) is 6.61 Å². The number of carbonyl (C=O) groups is 4. The van der Waals surface area contributed by atoms with Gasteiger partial charge in [-0.2, -0.15) is 0 Å². The van der Waals surface area contributed by atoms with Crippen molar-refractivity contribution in [1.82, 2.24) is 0 Å². The van der Waals surface area contributed by atoms with Crippen LogP contribution in [0, 0.1) is 0 Å². The van der Waals surface area contributed by atoms with E-state index >= 15 is 0 Å². The molecule has 1 atom stereocenters. The van der Waals surface area contributed by atoms with Crippen LogP contribution in [-0.4, -0.2) is 36.2 Å². The number of ether oxygens (including phenoxy) is 2. The summed E-state index contributed by atoms with van der Waals surface area (Å²) in [6, 6.07) is 0. The SMILES string of the molecule is CCCCCCC(=O)C(=O)C(COC(=O)CCC)OC(=O)CCC. The summed E-state index contributed by atoms with van der Waals surface area (Å²) >= 11 is 0. The lowest BCUT2D eigenvalue weighted by atomic mass is 10.0. The van der Waals surface area contributed by atoms with Crippen LogP contribution < -0.4 is 0 Å². The van der Waals surface area contributed by atoms with E-state index in [-0.39, 0.29) is 19.3 Å². The quantitative estimate of drug-likeness (QED) is 0.274. The zero-order chi connectivity index (χ0) is 18.4. The fourth-order valence-corrected chi connectivity index (χ4v) is 2.04. The van der Waals surface area contributed by atoms with Gasteiger partial charge in [0, 0.05) is 19.3 Å². The van der Waals surface area contributed by atoms with E-state index in [9.17, 15) is 19.2 Å². The standard InChI is InChI=1S/C18H30O6/c1-4-7-8-9-12-14(19)18(22)15(24-17(21)11-6-3)13-23-16(20)10-5-2/h15H,4-13H2,1-3H3. The first-order valence-corrected chi connectivity index (χ1v) is 8.88. The Labute approximate surface area is 144 Å². The van der Waals surface area contributed by atoms with Crippen molar-refractivity contribution in [2.45, 2.75) is 84.7 Å². The van der Waals surface area contributed by atoms with Gasteiger partial charge in [-0.05, 0) is 19.3 Å². The third kappa shape index (κ3) is 10.1. The van der Waals surface area contributed by atoms with Crippen molar-refractivity contribution in [3.05, 3.63) is 0 Å². The Kier molecular flexibility index (Phi) is 12.7. The number of rotatable bonds is 14. The molecule has 0 aliphatic heterocycles. The summed E-state index contributed by atoms with van der Waals surface area (Å²) in [5, 5.41) is 0. The Morgan fingerprint density at radius 1 is 0.750 bits per heavy atom. The average Bonchev–Trinajstić information content (AvgIpc) is 2.55. The molecule has 0 saturated heterocycles. The minimum atomic E-state index is -1.33. The largest absolute Gasteiger partial charge is 0.461 e. The number of hydrogen-bond donors (Lipinski definition) is 0. The lowest BCUT2D eigenvalue weighted by Gasteiger charge is -2.16. The summed E-state index contributed by atoms with van der Waals surface area (Å²) in [6.45, 7) is 5.29. The Balaban J connectivity index is 4.63. The monoisotopic (exact) mass is 342 g/mol. The van der Waals surface area contributed by atoms with E-state index in [1.807, 2.05) is 6.92 Å². The number of unbranched alkanes of at least 4 members (excludes halogenated alkanes) is 3. The molecular formula is C18H30O6. The summed E-state index contributed by atoms with van der Waals surface area (Å²) in [6.07, 6.45) is 3.89. The number of Topliss-reactive ketones (excluding diaryl/α,β-unsaturated/α-hetero) is 2. The molecular weight excluding hydrogens is 312 g/mol. The maximum atomic E-state index is 12.2. The van der Waals surface area contributed by atoms with E-state index in [1.165, 1.54) is 0 Å². The Morgan fingerprint density at radius 2 is 1.38 bits per heavy atom. The van der Waals surface area contributed by atoms with Crippen LogP contribution in [0.4, 0.5) is 0 Å². The van der Waals surface area contributed by atoms with Gasteiger partial charge in [0.1, 0.15) is 6.61 Å². The average molecular weight is 342 g/mol. The predicted molar refractivity (Wildman–Crippen MR) is 89.4 cm³/mol. The van der Waals surface area contributed by atoms with E-state index in [1.54, 1.807) is 6.92 Å². The molecule has 0 spiro atoms. The molecule has 0 heterocycles. The summed E-state index contributed by atoms with van der Waals surface area (Å²) in [5.41, 5.74) is 0. The lowest BCUT2D eigenvalue weighted by Crippen LogP contribution is -2.37. The van der Waals surface area contributed by atoms with E-state index in [4.69, 9.17) is 9.47 Å². The summed E-state index contributed by atoms with van der Waals surface area (Å²) in [7, 11) is 0. The molecule has 0 aliphatic rings. The van der Waals surface area contributed by atoms with E-state index in [0.29, 0.717) is 19.3 Å². The summed E-state index contributed by atoms with van der Waals surface area (Å²) in [5.74, 6) is -2.41. The highest BCUT2D eigenvalue weighted by Crippen LogP contribution is 2.08. The molecule has 0 aromatic heterocycles. The van der Waals surface area contributed by atoms with Gasteiger partial charge in [0.05, 0.1) is 0 Å². The van der Waals surface area contributed by atoms with Gasteiger partial charge < -0.3 is 9.47 Å². The molecule has 0 aromatic rings. The molecule has 0 radical (unpaired) electrons. The summed E-state index contributed by atoms with van der Waals surface area (Å²) < 4.78 is 9.99. The van der Waals surface area contributed by atoms with Crippen LogP contribution in [0.3, 0.4) is 0 Å². The van der Waals surface area contributed by atoms with Crippen molar-refractivity contribution in [3.8, 4) is 0 Å². The Hall–Kier alpha value is -1.72. The molecule has 6 nitrogen and oxygen atoms in total. The van der Waals surface area contributed by atoms with Gasteiger partial charge in [-0.15, -0.1) is 0 Å². The molecule has 0 fully saturated rings. The molecule has 24 heavy (non-hydrogen) atoms. The van der Waals surface area contributed by atoms with Crippen LogP contribution in [0.2, 0.25) is 0 Å². The molecule has 1 unspecified atom stereocenters. The number of hydrogen-bond acceptors (Lipinski definition) is 6. The highest BCUT2D eigenvalue weighted by molar-refractivity contribution is 6.39. The molecule has 0 saturated carbocycles. The van der Waals surface area contributed by atoms with Gasteiger partial charge in [0.25, 0.3) is 0 Å². The first-order chi connectivity index (χ1) is 11.5. The molecule has 138 valence electrons. The fraction of sp³-hybridized carbons (Fsp3) is 0.778. The van der Waals surface area contributed by atoms with Crippen molar-refractivity contribution < 1.29 is 28.7 Å². The highest BCUT2D eigenvalue weighted by Gasteiger charge is 2.29. The molecule has 0 aromatic carbocycles. The van der Waals surface area contributed by atoms with Crippen LogP contribution in [0.5, 0.6) is 0 Å². The van der Waals surface area contributed by atoms with Crippen LogP contribution in [0.25, 0.3) is 0 Å². The van der Waals surface area contributed by atoms with Crippen molar-refractivity contribution in [1.29, 1.82) is 0 Å². The Bertz CT molecular complexity index is 416. The van der Waals surface area contributed by atoms with Crippen LogP contribution in [0.1, 0.15) is 78.6 Å². The van der Waals surface area contributed by atoms with Crippen LogP contribution >= 0.6 is 0 Å². The minimum absolute atomic E-state index is 0.129. The van der Waals surface area contributed by atoms with Gasteiger partial charge in [0.2, 0.25) is 17.7 Å². The molecule has 0 amide bonds. The number of ketones is 2. The lowest BCUT2D eigenvalue weighted by molar-refractivity contribution is -0.165. The molecule has 6 heteroatoms. The first-order valence-electron chi connectivity index (χ1n) is 8.88. The second-order valence-electron chi connectivity index (χ2n) is 5.76. The van der Waals surface area contributed by atoms with E-state index in [0.717, 1.165) is 19.3 Å². The van der Waals surface area contributed by atoms with Gasteiger partial charge in [-0.25, -0.2) is 0 Å². The minimum Gasteiger partial charge on any atom is -0.461 e. The normalized spacial score (nSPS) is 11.6. The second kappa shape index (κ2) is 13.7. The van der Waals surface area contributed by atoms with Gasteiger partial charge >= 0.3 is 11.9 Å². The van der Waals surface area contributed by atoms with Gasteiger partial charge in [0.15, 0.2) is 0 Å². The fourth-order valence-electron chi connectivity index (χ4n) is 2.04. The van der Waals surface area contributed by atoms with Crippen LogP contribution in [0.15, 0.2) is 0 Å². The summed E-state index contributed by atoms with van der Waals surface area (Å²) in [4.78, 5) is 47.2. The van der Waals surface area contributed by atoms with E-state index in [2.05, 4.69) is 6.92 Å². The van der Waals surface area contributed by atoms with Crippen molar-refractivity contribution in [3.63, 3.8) is 0 Å². The zero-order valence-electron chi connectivity index (χ0n) is 15.1. The second-order valence-corrected chi connectivity index (χ2v) is 5.76.